The molecule has 1 unspecified atom stereocenters. The van der Waals surface area contributed by atoms with Crippen LogP contribution < -0.4 is 0 Å². The van der Waals surface area contributed by atoms with Gasteiger partial charge in [0.2, 0.25) is 0 Å². The van der Waals surface area contributed by atoms with Gasteiger partial charge in [0, 0.05) is 0 Å². The van der Waals surface area contributed by atoms with Crippen molar-refractivity contribution in [2.45, 2.75) is 76.0 Å². The van der Waals surface area contributed by atoms with Crippen LogP contribution in [-0.2, 0) is 27.9 Å². The Kier molecular flexibility index (Phi) is 6.80. The molecule has 0 saturated carbocycles. The van der Waals surface area contributed by atoms with Gasteiger partial charge in [-0.15, -0.1) is 0 Å². The van der Waals surface area contributed by atoms with E-state index in [0.717, 1.165) is 0 Å². The molecule has 0 radical (unpaired) electrons. The van der Waals surface area contributed by atoms with E-state index in [2.05, 4.69) is 104 Å². The van der Waals surface area contributed by atoms with Gasteiger partial charge in [-0.25, -0.2) is 0 Å². The van der Waals surface area contributed by atoms with E-state index in [0.29, 0.717) is 0 Å². The summed E-state index contributed by atoms with van der Waals surface area (Å²) in [5.74, 6) is -1.10. The van der Waals surface area contributed by atoms with E-state index in [9.17, 15) is 0 Å². The topological polar surface area (TPSA) is 0 Å². The fourth-order valence-electron chi connectivity index (χ4n) is 4.30. The van der Waals surface area contributed by atoms with E-state index < -0.39 is 23.0 Å². The Balaban J connectivity index is 2.25. The molecule has 0 bridgehead atoms. The summed E-state index contributed by atoms with van der Waals surface area (Å²) < 4.78 is 0.277. The first kappa shape index (κ1) is 24.5. The molecule has 3 rings (SSSR count). The first-order chi connectivity index (χ1) is 13.6. The maximum atomic E-state index is 7.23. The molecule has 0 fully saturated rings. The summed E-state index contributed by atoms with van der Waals surface area (Å²) in [4.78, 5) is 0. The Labute approximate surface area is 196 Å². The summed E-state index contributed by atoms with van der Waals surface area (Å²) >= 11 is -3.25. The quantitative estimate of drug-likeness (QED) is 0.342. The molecular weight excluding hydrogens is 503 g/mol. The molecule has 1 atom stereocenters. The number of benzene rings is 2. The first-order valence-electron chi connectivity index (χ1n) is 11.0. The molecule has 0 amide bonds. The number of hydrogen-bond acceptors (Lipinski definition) is 0. The SMILES string of the molecule is CC1=Cc2c(-c3ccc(C(C)(C)C)cc3)cc(C(C)(C)C)cc2[CH]1[Zr]([Cl])([Cl])[SiH](C)C. The van der Waals surface area contributed by atoms with E-state index in [1.54, 1.807) is 0 Å². The van der Waals surface area contributed by atoms with Crippen LogP contribution in [0.4, 0.5) is 0 Å². The molecule has 30 heavy (non-hydrogen) atoms. The van der Waals surface area contributed by atoms with E-state index in [-0.39, 0.29) is 14.5 Å². The second-order valence-corrected chi connectivity index (χ2v) is 45.1. The molecule has 2 aromatic rings. The standard InChI is InChI=1S/C24H29.C2H7Si.2ClH.Zr/c1-16-12-18-14-20(24(5,6)7)15-22(21(18)13-16)17-8-10-19(11-9-17)23(2,3)4;1-3-2;;;/h8-15H,1-7H3;3H,1-2H3;2*1H;/q;;;;+2/p-2. The third kappa shape index (κ3) is 4.63. The van der Waals surface area contributed by atoms with Gasteiger partial charge in [-0.3, -0.25) is 0 Å². The fraction of sp³-hybridized carbons (Fsp3) is 0.462. The molecule has 0 aromatic heterocycles. The molecular formula is C26H36Cl2SiZr. The Morgan fingerprint density at radius 3 is 1.83 bits per heavy atom. The molecule has 4 heteroatoms. The summed E-state index contributed by atoms with van der Waals surface area (Å²) in [6.45, 7) is 20.6. The zero-order chi connectivity index (χ0) is 22.6. The van der Waals surface area contributed by atoms with Crippen LogP contribution in [0.2, 0.25) is 13.1 Å². The van der Waals surface area contributed by atoms with Gasteiger partial charge in [0.25, 0.3) is 0 Å². The van der Waals surface area contributed by atoms with Gasteiger partial charge in [0.15, 0.2) is 0 Å². The van der Waals surface area contributed by atoms with Gasteiger partial charge in [0.1, 0.15) is 0 Å². The average Bonchev–Trinajstić information content (AvgIpc) is 2.95. The molecule has 1 aliphatic rings. The zero-order valence-corrected chi connectivity index (χ0v) is 25.1. The number of halogens is 2. The van der Waals surface area contributed by atoms with E-state index >= 15 is 0 Å². The van der Waals surface area contributed by atoms with Crippen LogP contribution in [0.5, 0.6) is 0 Å². The Morgan fingerprint density at radius 1 is 0.833 bits per heavy atom. The van der Waals surface area contributed by atoms with Gasteiger partial charge in [-0.05, 0) is 0 Å². The minimum atomic E-state index is -3.25. The molecule has 0 saturated heterocycles. The third-order valence-electron chi connectivity index (χ3n) is 6.43. The number of rotatable bonds is 3. The molecule has 2 aromatic carbocycles. The molecule has 0 spiro atoms. The summed E-state index contributed by atoms with van der Waals surface area (Å²) in [6.07, 6.45) is 2.37. The summed E-state index contributed by atoms with van der Waals surface area (Å²) in [5, 5.41) is 0. The van der Waals surface area contributed by atoms with Crippen molar-refractivity contribution in [3.05, 3.63) is 64.2 Å². The predicted molar refractivity (Wildman–Crippen MR) is 136 cm³/mol. The Bertz CT molecular complexity index is 974. The summed E-state index contributed by atoms with van der Waals surface area (Å²) in [7, 11) is 14.5. The first-order valence-corrected chi connectivity index (χ1v) is 25.9. The van der Waals surface area contributed by atoms with Crippen LogP contribution in [0.25, 0.3) is 17.2 Å². The number of hydrogen-bond donors (Lipinski definition) is 0. The van der Waals surface area contributed by atoms with Gasteiger partial charge >= 0.3 is 197 Å². The van der Waals surface area contributed by atoms with Gasteiger partial charge in [-0.1, -0.05) is 0 Å². The normalized spacial score (nSPS) is 17.3. The van der Waals surface area contributed by atoms with Crippen molar-refractivity contribution in [1.29, 1.82) is 0 Å². The van der Waals surface area contributed by atoms with Crippen molar-refractivity contribution < 1.29 is 17.0 Å². The second-order valence-electron chi connectivity index (χ2n) is 11.3. The molecule has 162 valence electrons. The van der Waals surface area contributed by atoms with Gasteiger partial charge < -0.3 is 0 Å². The van der Waals surface area contributed by atoms with Crippen molar-refractivity contribution in [3.63, 3.8) is 0 Å². The van der Waals surface area contributed by atoms with Crippen molar-refractivity contribution in [3.8, 4) is 11.1 Å². The number of allylic oxidation sites excluding steroid dienone is 1. The van der Waals surface area contributed by atoms with Crippen LogP contribution in [-0.4, -0.2) is 5.92 Å². The number of fused-ring (bicyclic) bond motifs is 1. The van der Waals surface area contributed by atoms with E-state index in [4.69, 9.17) is 17.0 Å². The molecule has 0 aliphatic heterocycles. The summed E-state index contributed by atoms with van der Waals surface area (Å²) in [6, 6.07) is 13.9. The van der Waals surface area contributed by atoms with Gasteiger partial charge in [-0.2, -0.15) is 0 Å². The summed E-state index contributed by atoms with van der Waals surface area (Å²) in [5.41, 5.74) is 9.65. The van der Waals surface area contributed by atoms with Crippen molar-refractivity contribution in [2.24, 2.45) is 0 Å². The molecule has 0 nitrogen and oxygen atoms in total. The molecule has 0 heterocycles. The Morgan fingerprint density at radius 2 is 1.37 bits per heavy atom. The molecule has 1 aliphatic carbocycles. The molecule has 0 N–H and O–H groups in total. The van der Waals surface area contributed by atoms with Crippen molar-refractivity contribution >= 4 is 29.0 Å². The van der Waals surface area contributed by atoms with Crippen molar-refractivity contribution in [1.82, 2.24) is 0 Å². The van der Waals surface area contributed by atoms with Crippen LogP contribution >= 0.6 is 17.0 Å². The van der Waals surface area contributed by atoms with Crippen LogP contribution in [0.1, 0.15) is 74.3 Å². The van der Waals surface area contributed by atoms with Crippen LogP contribution in [0, 0.1) is 0 Å². The minimum absolute atomic E-state index is 0.0717. The average molecular weight is 539 g/mol. The monoisotopic (exact) mass is 536 g/mol. The van der Waals surface area contributed by atoms with Crippen LogP contribution in [0.15, 0.2) is 42.0 Å². The zero-order valence-electron chi connectivity index (χ0n) is 20.0. The Hall–Kier alpha value is -0.140. The maximum absolute atomic E-state index is 7.23. The van der Waals surface area contributed by atoms with E-state index in [1.807, 2.05) is 0 Å². The third-order valence-corrected chi connectivity index (χ3v) is 43.1. The second kappa shape index (κ2) is 8.33. The predicted octanol–water partition coefficient (Wildman–Crippen LogP) is 8.85. The van der Waals surface area contributed by atoms with Gasteiger partial charge in [0.05, 0.1) is 0 Å². The van der Waals surface area contributed by atoms with Crippen molar-refractivity contribution in [2.75, 3.05) is 0 Å². The fourth-order valence-corrected chi connectivity index (χ4v) is 19.2. The van der Waals surface area contributed by atoms with Crippen LogP contribution in [0.3, 0.4) is 0 Å². The van der Waals surface area contributed by atoms with E-state index in [1.165, 1.54) is 39.0 Å².